The number of thiophene rings is 2. The molecule has 3 aromatic heterocycles. The Morgan fingerprint density at radius 1 is 1.20 bits per heavy atom. The second kappa shape index (κ2) is 10.8. The smallest absolute Gasteiger partial charge is 0.415 e. The third-order valence-electron chi connectivity index (χ3n) is 6.41. The van der Waals surface area contributed by atoms with Crippen LogP contribution in [0.1, 0.15) is 76.1 Å². The maximum absolute atomic E-state index is 14.5. The summed E-state index contributed by atoms with van der Waals surface area (Å²) in [6.07, 6.45) is 0.0169. The van der Waals surface area contributed by atoms with Crippen LogP contribution in [-0.4, -0.2) is 45.6 Å². The van der Waals surface area contributed by atoms with Gasteiger partial charge in [-0.05, 0) is 72.4 Å². The van der Waals surface area contributed by atoms with Crippen molar-refractivity contribution in [2.45, 2.75) is 97.4 Å². The first-order valence-electron chi connectivity index (χ1n) is 13.1. The van der Waals surface area contributed by atoms with Gasteiger partial charge in [-0.2, -0.15) is 5.10 Å². The van der Waals surface area contributed by atoms with Crippen LogP contribution in [0.15, 0.2) is 23.7 Å². The molecule has 12 heteroatoms. The first kappa shape index (κ1) is 30.1. The number of ether oxygens (including phenoxy) is 2. The van der Waals surface area contributed by atoms with Crippen LogP contribution in [0.3, 0.4) is 0 Å². The minimum absolute atomic E-state index is 0.250. The Bertz CT molecular complexity index is 1380. The van der Waals surface area contributed by atoms with Gasteiger partial charge in [0, 0.05) is 34.1 Å². The van der Waals surface area contributed by atoms with E-state index in [-0.39, 0.29) is 13.0 Å². The molecule has 0 aromatic carbocycles. The molecule has 3 aromatic rings. The number of hydrogen-bond donors (Lipinski definition) is 1. The van der Waals surface area contributed by atoms with E-state index in [1.54, 1.807) is 48.5 Å². The van der Waals surface area contributed by atoms with E-state index in [4.69, 9.17) is 9.47 Å². The molecule has 3 heterocycles. The molecule has 1 fully saturated rings. The second-order valence-electron chi connectivity index (χ2n) is 12.2. The molecule has 3 atom stereocenters. The number of nitrogens with zero attached hydrogens (tertiary/aromatic N) is 3. The molecule has 40 heavy (non-hydrogen) atoms. The minimum atomic E-state index is -2.84. The maximum atomic E-state index is 14.5. The number of rotatable bonds is 7. The normalized spacial score (nSPS) is 18.2. The molecule has 1 aliphatic rings. The highest BCUT2D eigenvalue weighted by atomic mass is 32.1. The monoisotopic (exact) mass is 594 g/mol. The lowest BCUT2D eigenvalue weighted by molar-refractivity contribution is 0.0479. The highest BCUT2D eigenvalue weighted by molar-refractivity contribution is 7.20. The number of nitrogens with one attached hydrogen (secondary N) is 1. The molecule has 0 bridgehead atoms. The van der Waals surface area contributed by atoms with E-state index in [1.807, 2.05) is 24.4 Å². The predicted molar refractivity (Wildman–Crippen MR) is 154 cm³/mol. The number of halogens is 2. The zero-order chi connectivity index (χ0) is 29.6. The van der Waals surface area contributed by atoms with Gasteiger partial charge in [0.05, 0.1) is 23.1 Å². The number of anilines is 1. The lowest BCUT2D eigenvalue weighted by Gasteiger charge is -2.27. The zero-order valence-corrected chi connectivity index (χ0v) is 25.6. The number of aryl methyl sites for hydroxylation is 1. The molecule has 2 amide bonds. The van der Waals surface area contributed by atoms with Crippen molar-refractivity contribution in [3.63, 3.8) is 0 Å². The van der Waals surface area contributed by atoms with Crippen LogP contribution in [0.5, 0.6) is 0 Å². The lowest BCUT2D eigenvalue weighted by atomic mass is 9.91. The fraction of sp³-hybridized carbons (Fsp3) is 0.571. The number of aromatic nitrogens is 2. The first-order valence-corrected chi connectivity index (χ1v) is 14.8. The molecule has 0 radical (unpaired) electrons. The molecule has 0 spiro atoms. The van der Waals surface area contributed by atoms with E-state index in [1.165, 1.54) is 33.8 Å². The molecule has 3 unspecified atom stereocenters. The average Bonchev–Trinajstić information content (AvgIpc) is 3.14. The minimum Gasteiger partial charge on any atom is -0.444 e. The van der Waals surface area contributed by atoms with Crippen LogP contribution in [0.4, 0.5) is 24.1 Å². The topological polar surface area (TPSA) is 93.7 Å². The summed E-state index contributed by atoms with van der Waals surface area (Å²) in [5.41, 5.74) is 0.248. The van der Waals surface area contributed by atoms with Crippen molar-refractivity contribution in [3.05, 3.63) is 39.0 Å². The van der Waals surface area contributed by atoms with E-state index < -0.39 is 47.2 Å². The molecule has 218 valence electrons. The summed E-state index contributed by atoms with van der Waals surface area (Å²) in [5.74, 6) is -4.48. The summed E-state index contributed by atoms with van der Waals surface area (Å²) < 4.78 is 40.8. The summed E-state index contributed by atoms with van der Waals surface area (Å²) >= 11 is 2.81. The van der Waals surface area contributed by atoms with Crippen molar-refractivity contribution >= 4 is 50.8 Å². The zero-order valence-electron chi connectivity index (χ0n) is 24.0. The van der Waals surface area contributed by atoms with Crippen LogP contribution in [-0.2, 0) is 16.0 Å². The fourth-order valence-electron chi connectivity index (χ4n) is 4.61. The number of fused-ring (bicyclic) bond motifs is 1. The quantitative estimate of drug-likeness (QED) is 0.302. The third-order valence-corrected chi connectivity index (χ3v) is 8.68. The molecule has 1 aliphatic carbocycles. The van der Waals surface area contributed by atoms with Gasteiger partial charge < -0.3 is 14.8 Å². The molecule has 1 saturated carbocycles. The summed E-state index contributed by atoms with van der Waals surface area (Å²) in [6.45, 7) is 14.4. The van der Waals surface area contributed by atoms with Gasteiger partial charge in [-0.1, -0.05) is 6.07 Å². The van der Waals surface area contributed by atoms with Gasteiger partial charge in [0.15, 0.2) is 0 Å². The first-order chi connectivity index (χ1) is 18.5. The average molecular weight is 595 g/mol. The number of carbonyl (C=O) groups is 2. The van der Waals surface area contributed by atoms with Gasteiger partial charge >= 0.3 is 12.2 Å². The molecule has 1 N–H and O–H groups in total. The van der Waals surface area contributed by atoms with Gasteiger partial charge in [-0.3, -0.25) is 4.90 Å². The predicted octanol–water partition coefficient (Wildman–Crippen LogP) is 7.65. The van der Waals surface area contributed by atoms with Crippen LogP contribution < -0.4 is 10.2 Å². The van der Waals surface area contributed by atoms with Gasteiger partial charge in [0.25, 0.3) is 5.92 Å². The van der Waals surface area contributed by atoms with Crippen molar-refractivity contribution in [1.29, 1.82) is 0 Å². The highest BCUT2D eigenvalue weighted by Crippen LogP contribution is 2.59. The highest BCUT2D eigenvalue weighted by Gasteiger charge is 2.62. The number of hydrogen-bond acceptors (Lipinski definition) is 8. The summed E-state index contributed by atoms with van der Waals surface area (Å²) in [5, 5.41) is 13.2. The van der Waals surface area contributed by atoms with E-state index in [0.29, 0.717) is 26.3 Å². The molecular formula is C28H36F2N4O4S2. The number of alkyl halides is 2. The molecule has 0 aliphatic heterocycles. The molecule has 0 saturated heterocycles. The Morgan fingerprint density at radius 3 is 2.40 bits per heavy atom. The Kier molecular flexibility index (Phi) is 8.16. The summed E-state index contributed by atoms with van der Waals surface area (Å²) in [7, 11) is 0. The van der Waals surface area contributed by atoms with Crippen LogP contribution >= 0.6 is 22.7 Å². The van der Waals surface area contributed by atoms with E-state index in [9.17, 15) is 18.4 Å². The van der Waals surface area contributed by atoms with Crippen molar-refractivity contribution < 1.29 is 27.8 Å². The van der Waals surface area contributed by atoms with Crippen LogP contribution in [0.25, 0.3) is 10.2 Å². The number of alkyl carbamates (subject to hydrolysis) is 1. The SMILES string of the molecule is Cc1c(C(C(C)NC(=O)OC(C)(C)C)C2CC2(F)F)sc2c(N(Cc3cccs3)C(=O)OC(C)(C)C)cnnc12. The Morgan fingerprint density at radius 2 is 1.85 bits per heavy atom. The van der Waals surface area contributed by atoms with E-state index in [2.05, 4.69) is 15.5 Å². The van der Waals surface area contributed by atoms with Gasteiger partial charge in [-0.15, -0.1) is 27.8 Å². The van der Waals surface area contributed by atoms with Gasteiger partial charge in [0.2, 0.25) is 0 Å². The molecular weight excluding hydrogens is 558 g/mol. The Hall–Kier alpha value is -2.86. The summed E-state index contributed by atoms with van der Waals surface area (Å²) in [4.78, 5) is 29.1. The van der Waals surface area contributed by atoms with Crippen LogP contribution in [0.2, 0.25) is 0 Å². The second-order valence-corrected chi connectivity index (χ2v) is 14.3. The number of amides is 2. The van der Waals surface area contributed by atoms with Crippen molar-refractivity contribution in [3.8, 4) is 0 Å². The Balaban J connectivity index is 1.77. The van der Waals surface area contributed by atoms with Crippen molar-refractivity contribution in [1.82, 2.24) is 15.5 Å². The van der Waals surface area contributed by atoms with Crippen molar-refractivity contribution in [2.75, 3.05) is 4.90 Å². The Labute approximate surface area is 241 Å². The number of carbonyl (C=O) groups excluding carboxylic acids is 2. The van der Waals surface area contributed by atoms with Gasteiger partial charge in [0.1, 0.15) is 16.7 Å². The lowest BCUT2D eigenvalue weighted by Crippen LogP contribution is -2.41. The summed E-state index contributed by atoms with van der Waals surface area (Å²) in [6, 6.07) is 3.18. The maximum Gasteiger partial charge on any atom is 0.415 e. The standard InChI is InChI=1S/C28H36F2N4O4S2/c1-15-21-23(19(13-31-33-21)34(14-17-10-9-11-39-17)25(36)38-27(6,7)8)40-22(15)20(18-12-28(18,29)30)16(2)32-24(35)37-26(3,4)5/h9-11,13,16,18,20H,12,14H2,1-8H3,(H,32,35). The van der Waals surface area contributed by atoms with Crippen LogP contribution in [0, 0.1) is 12.8 Å². The van der Waals surface area contributed by atoms with Gasteiger partial charge in [-0.25, -0.2) is 18.4 Å². The largest absolute Gasteiger partial charge is 0.444 e. The molecule has 8 nitrogen and oxygen atoms in total. The fourth-order valence-corrected chi connectivity index (χ4v) is 6.84. The van der Waals surface area contributed by atoms with Crippen molar-refractivity contribution in [2.24, 2.45) is 5.92 Å². The molecule has 4 rings (SSSR count). The van der Waals surface area contributed by atoms with E-state index >= 15 is 0 Å². The van der Waals surface area contributed by atoms with E-state index in [0.717, 1.165) is 4.88 Å². The third kappa shape index (κ3) is 6.88.